The van der Waals surface area contributed by atoms with Crippen LogP contribution in [0.1, 0.15) is 45.4 Å². The number of nitrogens with zero attached hydrogens (tertiary/aromatic N) is 1. The molecular weight excluding hydrogens is 232 g/mol. The fourth-order valence-corrected chi connectivity index (χ4v) is 2.63. The Labute approximate surface area is 108 Å². The third-order valence-corrected chi connectivity index (χ3v) is 4.14. The van der Waals surface area contributed by atoms with Crippen LogP contribution in [0.25, 0.3) is 0 Å². The van der Waals surface area contributed by atoms with Crippen molar-refractivity contribution in [3.63, 3.8) is 0 Å². The van der Waals surface area contributed by atoms with Crippen LogP contribution < -0.4 is 0 Å². The van der Waals surface area contributed by atoms with Crippen molar-refractivity contribution in [3.05, 3.63) is 22.7 Å². The third-order valence-electron chi connectivity index (χ3n) is 3.90. The standard InChI is InChI=1S/C13H20N2OS/c1-12(2)5-7-13(16-3,8-6-12)11-14-9-4-10(17)15-11/h4,9H,5-8H2,1-3H3,(H,14,15,17). The Morgan fingerprint density at radius 3 is 2.47 bits per heavy atom. The second-order valence-electron chi connectivity index (χ2n) is 5.65. The topological polar surface area (TPSA) is 37.9 Å². The lowest BCUT2D eigenvalue weighted by molar-refractivity contribution is -0.0730. The first-order valence-corrected chi connectivity index (χ1v) is 6.49. The summed E-state index contributed by atoms with van der Waals surface area (Å²) in [5.74, 6) is 0.878. The van der Waals surface area contributed by atoms with Crippen molar-refractivity contribution in [2.45, 2.75) is 45.1 Å². The molecule has 94 valence electrons. The van der Waals surface area contributed by atoms with Crippen molar-refractivity contribution in [2.24, 2.45) is 5.41 Å². The molecule has 0 bridgehead atoms. The quantitative estimate of drug-likeness (QED) is 0.818. The number of aromatic amines is 1. The van der Waals surface area contributed by atoms with Crippen LogP contribution in [0.5, 0.6) is 0 Å². The molecule has 1 N–H and O–H groups in total. The van der Waals surface area contributed by atoms with E-state index in [1.54, 1.807) is 19.4 Å². The first-order valence-electron chi connectivity index (χ1n) is 6.08. The molecule has 0 aliphatic heterocycles. The molecule has 4 heteroatoms. The van der Waals surface area contributed by atoms with Gasteiger partial charge in [-0.15, -0.1) is 0 Å². The molecule has 0 aromatic carbocycles. The van der Waals surface area contributed by atoms with Gasteiger partial charge in [0, 0.05) is 13.3 Å². The van der Waals surface area contributed by atoms with E-state index in [1.807, 2.05) is 0 Å². The van der Waals surface area contributed by atoms with Crippen molar-refractivity contribution in [2.75, 3.05) is 7.11 Å². The molecule has 17 heavy (non-hydrogen) atoms. The van der Waals surface area contributed by atoms with Crippen molar-refractivity contribution < 1.29 is 4.74 Å². The fraction of sp³-hybridized carbons (Fsp3) is 0.692. The molecule has 1 aliphatic carbocycles. The maximum Gasteiger partial charge on any atom is 0.139 e. The first kappa shape index (κ1) is 12.7. The van der Waals surface area contributed by atoms with Gasteiger partial charge in [0.05, 0.1) is 0 Å². The Morgan fingerprint density at radius 2 is 1.94 bits per heavy atom. The normalized spacial score (nSPS) is 22.3. The Kier molecular flexibility index (Phi) is 3.36. The summed E-state index contributed by atoms with van der Waals surface area (Å²) >= 11 is 5.16. The average Bonchev–Trinajstić information content (AvgIpc) is 2.30. The summed E-state index contributed by atoms with van der Waals surface area (Å²) in [5, 5.41) is 0. The minimum Gasteiger partial charge on any atom is -0.370 e. The summed E-state index contributed by atoms with van der Waals surface area (Å²) in [5.41, 5.74) is 0.137. The number of hydrogen-bond acceptors (Lipinski definition) is 3. The maximum atomic E-state index is 5.77. The van der Waals surface area contributed by atoms with Crippen LogP contribution in [0.4, 0.5) is 0 Å². The number of rotatable bonds is 2. The van der Waals surface area contributed by atoms with E-state index in [4.69, 9.17) is 17.0 Å². The molecule has 0 spiro atoms. The molecular formula is C13H20N2OS. The molecule has 1 saturated carbocycles. The smallest absolute Gasteiger partial charge is 0.139 e. The van der Waals surface area contributed by atoms with Gasteiger partial charge in [0.15, 0.2) is 0 Å². The average molecular weight is 252 g/mol. The Hall–Kier alpha value is -0.740. The molecule has 1 fully saturated rings. The van der Waals surface area contributed by atoms with Gasteiger partial charge in [-0.05, 0) is 37.2 Å². The maximum absolute atomic E-state index is 5.77. The van der Waals surface area contributed by atoms with Gasteiger partial charge in [-0.2, -0.15) is 0 Å². The summed E-state index contributed by atoms with van der Waals surface area (Å²) in [6, 6.07) is 1.80. The first-order chi connectivity index (χ1) is 7.97. The predicted octanol–water partition coefficient (Wildman–Crippen LogP) is 3.58. The van der Waals surface area contributed by atoms with E-state index in [2.05, 4.69) is 23.8 Å². The van der Waals surface area contributed by atoms with E-state index >= 15 is 0 Å². The van der Waals surface area contributed by atoms with E-state index < -0.39 is 0 Å². The van der Waals surface area contributed by atoms with Crippen molar-refractivity contribution in [1.29, 1.82) is 0 Å². The Balaban J connectivity index is 2.30. The highest BCUT2D eigenvalue weighted by molar-refractivity contribution is 7.71. The Bertz CT molecular complexity index is 443. The number of methoxy groups -OCH3 is 1. The number of nitrogens with one attached hydrogen (secondary N) is 1. The van der Waals surface area contributed by atoms with Gasteiger partial charge in [-0.25, -0.2) is 4.98 Å². The molecule has 1 aromatic rings. The largest absolute Gasteiger partial charge is 0.370 e. The molecule has 0 unspecified atom stereocenters. The SMILES string of the molecule is COC1(c2nccc(=S)[nH]2)CCC(C)(C)CC1. The molecule has 0 atom stereocenters. The highest BCUT2D eigenvalue weighted by Gasteiger charge is 2.41. The van der Waals surface area contributed by atoms with Crippen LogP contribution in [0.2, 0.25) is 0 Å². The van der Waals surface area contributed by atoms with Crippen LogP contribution in [0.3, 0.4) is 0 Å². The van der Waals surface area contributed by atoms with Gasteiger partial charge >= 0.3 is 0 Å². The fourth-order valence-electron chi connectivity index (χ4n) is 2.47. The summed E-state index contributed by atoms with van der Waals surface area (Å²) < 4.78 is 6.49. The lowest BCUT2D eigenvalue weighted by Gasteiger charge is -2.41. The molecule has 0 radical (unpaired) electrons. The van der Waals surface area contributed by atoms with Crippen molar-refractivity contribution in [1.82, 2.24) is 9.97 Å². The van der Waals surface area contributed by atoms with Crippen LogP contribution >= 0.6 is 12.2 Å². The summed E-state index contributed by atoms with van der Waals surface area (Å²) in [4.78, 5) is 7.58. The molecule has 3 nitrogen and oxygen atoms in total. The van der Waals surface area contributed by atoms with Crippen LogP contribution in [0.15, 0.2) is 12.3 Å². The van der Waals surface area contributed by atoms with Crippen molar-refractivity contribution in [3.8, 4) is 0 Å². The molecule has 0 amide bonds. The van der Waals surface area contributed by atoms with Crippen LogP contribution in [0, 0.1) is 10.1 Å². The predicted molar refractivity (Wildman–Crippen MR) is 70.4 cm³/mol. The molecule has 1 aromatic heterocycles. The summed E-state index contributed by atoms with van der Waals surface area (Å²) in [7, 11) is 1.77. The van der Waals surface area contributed by atoms with Gasteiger partial charge in [0.1, 0.15) is 16.1 Å². The van der Waals surface area contributed by atoms with E-state index in [0.717, 1.165) is 36.1 Å². The van der Waals surface area contributed by atoms with Gasteiger partial charge in [-0.3, -0.25) is 0 Å². The van der Waals surface area contributed by atoms with Gasteiger partial charge < -0.3 is 9.72 Å². The molecule has 1 heterocycles. The minimum atomic E-state index is -0.273. The van der Waals surface area contributed by atoms with E-state index in [9.17, 15) is 0 Å². The lowest BCUT2D eigenvalue weighted by atomic mass is 9.70. The number of aromatic nitrogens is 2. The van der Waals surface area contributed by atoms with E-state index in [1.165, 1.54) is 0 Å². The second-order valence-corrected chi connectivity index (χ2v) is 6.09. The van der Waals surface area contributed by atoms with Crippen LogP contribution in [-0.4, -0.2) is 17.1 Å². The minimum absolute atomic E-state index is 0.273. The monoisotopic (exact) mass is 252 g/mol. The molecule has 2 rings (SSSR count). The van der Waals surface area contributed by atoms with Gasteiger partial charge in [-0.1, -0.05) is 26.1 Å². The zero-order valence-electron chi connectivity index (χ0n) is 10.7. The highest BCUT2D eigenvalue weighted by Crippen LogP contribution is 2.45. The third kappa shape index (κ3) is 2.58. The lowest BCUT2D eigenvalue weighted by Crippen LogP contribution is -2.37. The summed E-state index contributed by atoms with van der Waals surface area (Å²) in [6.45, 7) is 4.63. The number of hydrogen-bond donors (Lipinski definition) is 1. The highest BCUT2D eigenvalue weighted by atomic mass is 32.1. The van der Waals surface area contributed by atoms with Gasteiger partial charge in [0.2, 0.25) is 0 Å². The second kappa shape index (κ2) is 4.50. The zero-order chi connectivity index (χ0) is 12.5. The van der Waals surface area contributed by atoms with Crippen LogP contribution in [-0.2, 0) is 10.3 Å². The molecule has 1 aliphatic rings. The number of ether oxygens (including phenoxy) is 1. The van der Waals surface area contributed by atoms with Gasteiger partial charge in [0.25, 0.3) is 0 Å². The van der Waals surface area contributed by atoms with E-state index in [-0.39, 0.29) is 5.60 Å². The number of H-pyrrole nitrogens is 1. The Morgan fingerprint density at radius 1 is 1.29 bits per heavy atom. The zero-order valence-corrected chi connectivity index (χ0v) is 11.6. The molecule has 0 saturated heterocycles. The van der Waals surface area contributed by atoms with E-state index in [0.29, 0.717) is 5.41 Å². The summed E-state index contributed by atoms with van der Waals surface area (Å²) in [6.07, 6.45) is 6.06. The van der Waals surface area contributed by atoms with Crippen molar-refractivity contribution >= 4 is 12.2 Å².